The van der Waals surface area contributed by atoms with Gasteiger partial charge in [-0.2, -0.15) is 0 Å². The summed E-state index contributed by atoms with van der Waals surface area (Å²) in [6.07, 6.45) is -0.262. The summed E-state index contributed by atoms with van der Waals surface area (Å²) in [5.74, 6) is -0.353. The first kappa shape index (κ1) is 13.1. The molecule has 1 heterocycles. The fraction of sp³-hybridized carbons (Fsp3) is 0.500. The molecule has 1 aromatic rings. The topological polar surface area (TPSA) is 44.8 Å². The van der Waals surface area contributed by atoms with E-state index >= 15 is 0 Å². The number of benzene rings is 1. The van der Waals surface area contributed by atoms with E-state index in [-0.39, 0.29) is 12.1 Å². The molecule has 0 N–H and O–H groups in total. The molecule has 2 rings (SSSR count). The Labute approximate surface area is 107 Å². The van der Waals surface area contributed by atoms with Crippen molar-refractivity contribution in [2.75, 3.05) is 19.8 Å². The molecule has 4 nitrogen and oxygen atoms in total. The lowest BCUT2D eigenvalue weighted by Gasteiger charge is -2.23. The van der Waals surface area contributed by atoms with Crippen molar-refractivity contribution in [2.45, 2.75) is 25.6 Å². The van der Waals surface area contributed by atoms with E-state index in [4.69, 9.17) is 14.2 Å². The Morgan fingerprint density at radius 3 is 2.72 bits per heavy atom. The van der Waals surface area contributed by atoms with Crippen LogP contribution in [0.1, 0.15) is 25.0 Å². The fourth-order valence-electron chi connectivity index (χ4n) is 1.98. The largest absolute Gasteiger partial charge is 0.464 e. The Kier molecular flexibility index (Phi) is 4.73. The summed E-state index contributed by atoms with van der Waals surface area (Å²) in [6, 6.07) is 9.65. The van der Waals surface area contributed by atoms with E-state index in [9.17, 15) is 4.79 Å². The molecule has 18 heavy (non-hydrogen) atoms. The molecule has 1 aliphatic heterocycles. The summed E-state index contributed by atoms with van der Waals surface area (Å²) in [7, 11) is 0. The van der Waals surface area contributed by atoms with Crippen LogP contribution in [0.4, 0.5) is 0 Å². The Morgan fingerprint density at radius 1 is 1.28 bits per heavy atom. The lowest BCUT2D eigenvalue weighted by atomic mass is 10.0. The van der Waals surface area contributed by atoms with Gasteiger partial charge in [0.2, 0.25) is 0 Å². The smallest absolute Gasteiger partial charge is 0.338 e. The summed E-state index contributed by atoms with van der Waals surface area (Å²) in [5, 5.41) is 0. The van der Waals surface area contributed by atoms with Crippen molar-refractivity contribution in [1.29, 1.82) is 0 Å². The van der Waals surface area contributed by atoms with Crippen LogP contribution < -0.4 is 0 Å². The first-order chi connectivity index (χ1) is 8.83. The molecule has 98 valence electrons. The SMILES string of the molecule is CCOC(=O)[C@H]1OCCCO[C@@H]1c1ccccc1. The molecule has 0 spiro atoms. The van der Waals surface area contributed by atoms with E-state index in [1.54, 1.807) is 6.92 Å². The third-order valence-electron chi connectivity index (χ3n) is 2.81. The maximum absolute atomic E-state index is 11.9. The Morgan fingerprint density at radius 2 is 2.00 bits per heavy atom. The van der Waals surface area contributed by atoms with Crippen LogP contribution in [0.5, 0.6) is 0 Å². The van der Waals surface area contributed by atoms with Gasteiger partial charge in [0.25, 0.3) is 0 Å². The van der Waals surface area contributed by atoms with Crippen molar-refractivity contribution < 1.29 is 19.0 Å². The first-order valence-electron chi connectivity index (χ1n) is 6.27. The number of rotatable bonds is 3. The molecule has 0 amide bonds. The standard InChI is InChI=1S/C14H18O4/c1-2-16-14(15)13-12(17-9-6-10-18-13)11-7-4-3-5-8-11/h3-5,7-8,12-13H,2,6,9-10H2,1H3/t12-,13+/m1/s1. The van der Waals surface area contributed by atoms with Gasteiger partial charge in [0.05, 0.1) is 13.2 Å². The van der Waals surface area contributed by atoms with Gasteiger partial charge in [0, 0.05) is 6.61 Å². The molecule has 1 saturated heterocycles. The van der Waals surface area contributed by atoms with Gasteiger partial charge in [-0.3, -0.25) is 0 Å². The zero-order chi connectivity index (χ0) is 12.8. The minimum absolute atomic E-state index is 0.347. The minimum Gasteiger partial charge on any atom is -0.464 e. The van der Waals surface area contributed by atoms with Gasteiger partial charge in [-0.05, 0) is 18.9 Å². The van der Waals surface area contributed by atoms with Gasteiger partial charge < -0.3 is 14.2 Å². The maximum atomic E-state index is 11.9. The first-order valence-corrected chi connectivity index (χ1v) is 6.27. The molecular weight excluding hydrogens is 232 g/mol. The van der Waals surface area contributed by atoms with Gasteiger partial charge in [-0.15, -0.1) is 0 Å². The molecule has 4 heteroatoms. The Hall–Kier alpha value is -1.39. The normalized spacial score (nSPS) is 24.3. The quantitative estimate of drug-likeness (QED) is 0.771. The number of hydrogen-bond donors (Lipinski definition) is 0. The van der Waals surface area contributed by atoms with Crippen LogP contribution in [0, 0.1) is 0 Å². The zero-order valence-corrected chi connectivity index (χ0v) is 10.5. The molecule has 1 fully saturated rings. The highest BCUT2D eigenvalue weighted by Gasteiger charge is 2.34. The number of esters is 1. The molecule has 1 aromatic carbocycles. The molecule has 0 unspecified atom stereocenters. The summed E-state index contributed by atoms with van der Waals surface area (Å²) in [4.78, 5) is 11.9. The molecule has 0 bridgehead atoms. The van der Waals surface area contributed by atoms with Gasteiger partial charge in [-0.25, -0.2) is 4.79 Å². The maximum Gasteiger partial charge on any atom is 0.338 e. The van der Waals surface area contributed by atoms with Crippen molar-refractivity contribution in [3.8, 4) is 0 Å². The van der Waals surface area contributed by atoms with E-state index < -0.39 is 6.10 Å². The van der Waals surface area contributed by atoms with Crippen molar-refractivity contribution in [1.82, 2.24) is 0 Å². The van der Waals surface area contributed by atoms with Crippen molar-refractivity contribution in [2.24, 2.45) is 0 Å². The fourth-order valence-corrected chi connectivity index (χ4v) is 1.98. The van der Waals surface area contributed by atoms with E-state index in [0.29, 0.717) is 19.8 Å². The third kappa shape index (κ3) is 3.09. The third-order valence-corrected chi connectivity index (χ3v) is 2.81. The number of hydrogen-bond acceptors (Lipinski definition) is 4. The number of ether oxygens (including phenoxy) is 3. The van der Waals surface area contributed by atoms with Gasteiger partial charge in [0.1, 0.15) is 6.10 Å². The van der Waals surface area contributed by atoms with Crippen molar-refractivity contribution in [3.63, 3.8) is 0 Å². The highest BCUT2D eigenvalue weighted by atomic mass is 16.6. The second-order valence-electron chi connectivity index (χ2n) is 4.10. The second-order valence-corrected chi connectivity index (χ2v) is 4.10. The average molecular weight is 250 g/mol. The molecule has 0 radical (unpaired) electrons. The lowest BCUT2D eigenvalue weighted by molar-refractivity contribution is -0.164. The Bertz CT molecular complexity index is 377. The summed E-state index contributed by atoms with van der Waals surface area (Å²) in [5.41, 5.74) is 0.942. The molecule has 2 atom stereocenters. The number of carbonyl (C=O) groups is 1. The molecular formula is C14H18O4. The summed E-state index contributed by atoms with van der Waals surface area (Å²) >= 11 is 0. The van der Waals surface area contributed by atoms with Crippen LogP contribution in [0.15, 0.2) is 30.3 Å². The van der Waals surface area contributed by atoms with E-state index in [1.165, 1.54) is 0 Å². The molecule has 0 saturated carbocycles. The van der Waals surface area contributed by atoms with E-state index in [1.807, 2.05) is 30.3 Å². The van der Waals surface area contributed by atoms with Crippen molar-refractivity contribution >= 4 is 5.97 Å². The lowest BCUT2D eigenvalue weighted by Crippen LogP contribution is -2.33. The average Bonchev–Trinajstić information content (AvgIpc) is 2.65. The van der Waals surface area contributed by atoms with Crippen LogP contribution in [-0.2, 0) is 19.0 Å². The zero-order valence-electron chi connectivity index (χ0n) is 10.5. The monoisotopic (exact) mass is 250 g/mol. The number of carbonyl (C=O) groups excluding carboxylic acids is 1. The van der Waals surface area contributed by atoms with Gasteiger partial charge in [0.15, 0.2) is 6.10 Å². The Balaban J connectivity index is 2.19. The highest BCUT2D eigenvalue weighted by Crippen LogP contribution is 2.26. The second kappa shape index (κ2) is 6.52. The summed E-state index contributed by atoms with van der Waals surface area (Å²) in [6.45, 7) is 3.25. The molecule has 0 aromatic heterocycles. The minimum atomic E-state index is -0.671. The van der Waals surface area contributed by atoms with Crippen LogP contribution in [-0.4, -0.2) is 31.9 Å². The van der Waals surface area contributed by atoms with Gasteiger partial charge in [-0.1, -0.05) is 30.3 Å². The summed E-state index contributed by atoms with van der Waals surface area (Å²) < 4.78 is 16.4. The van der Waals surface area contributed by atoms with Crippen LogP contribution in [0.2, 0.25) is 0 Å². The molecule has 0 aliphatic carbocycles. The van der Waals surface area contributed by atoms with E-state index in [0.717, 1.165) is 12.0 Å². The van der Waals surface area contributed by atoms with Crippen molar-refractivity contribution in [3.05, 3.63) is 35.9 Å². The molecule has 1 aliphatic rings. The van der Waals surface area contributed by atoms with Crippen LogP contribution in [0.25, 0.3) is 0 Å². The van der Waals surface area contributed by atoms with Crippen LogP contribution >= 0.6 is 0 Å². The predicted octanol–water partition coefficient (Wildman–Crippen LogP) is 2.10. The predicted molar refractivity (Wildman–Crippen MR) is 66.1 cm³/mol. The van der Waals surface area contributed by atoms with Gasteiger partial charge >= 0.3 is 5.97 Å². The van der Waals surface area contributed by atoms with E-state index in [2.05, 4.69) is 0 Å². The highest BCUT2D eigenvalue weighted by molar-refractivity contribution is 5.75. The van der Waals surface area contributed by atoms with Crippen LogP contribution in [0.3, 0.4) is 0 Å².